The average Bonchev–Trinajstić information content (AvgIpc) is 3.36. The first-order valence-corrected chi connectivity index (χ1v) is 13.8. The lowest BCUT2D eigenvalue weighted by Crippen LogP contribution is -2.50. The normalized spacial score (nSPS) is 17.8. The SMILES string of the molecule is CC(F)C1CC(Cn2nc(C(=O)Nc3ccc(-c4n[nH]c(=O)c5ccccc45)cc3)c3ccccc32)CCN1C(=O)O. The van der Waals surface area contributed by atoms with E-state index in [9.17, 15) is 23.9 Å². The van der Waals surface area contributed by atoms with Crippen molar-refractivity contribution in [3.05, 3.63) is 88.8 Å². The van der Waals surface area contributed by atoms with Crippen molar-refractivity contribution in [2.45, 2.75) is 38.5 Å². The Morgan fingerprint density at radius 1 is 1.05 bits per heavy atom. The molecule has 3 unspecified atom stereocenters. The second-order valence-corrected chi connectivity index (χ2v) is 10.6. The summed E-state index contributed by atoms with van der Waals surface area (Å²) in [6.45, 7) is 2.09. The highest BCUT2D eigenvalue weighted by Crippen LogP contribution is 2.30. The lowest BCUT2D eigenvalue weighted by molar-refractivity contribution is 0.0516. The molecule has 3 heterocycles. The number of benzene rings is 3. The standard InChI is InChI=1S/C31H29FN6O4/c1-18(32)26-16-19(14-15-37(26)31(41)42)17-38-25-9-5-4-8-24(25)28(36-38)30(40)33-21-12-10-20(11-13-21)27-22-6-2-3-7-23(22)29(39)35-34-27/h2-13,18-19,26H,14-17H2,1H3,(H,33,40)(H,35,39)(H,41,42). The molecular formula is C31H29FN6O4. The third-order valence-electron chi connectivity index (χ3n) is 7.95. The summed E-state index contributed by atoms with van der Waals surface area (Å²) >= 11 is 0. The molecule has 5 aromatic rings. The number of nitrogens with zero attached hydrogens (tertiary/aromatic N) is 4. The van der Waals surface area contributed by atoms with Crippen LogP contribution in [0, 0.1) is 5.92 Å². The molecule has 1 aliphatic heterocycles. The molecule has 42 heavy (non-hydrogen) atoms. The van der Waals surface area contributed by atoms with Crippen LogP contribution in [-0.2, 0) is 6.54 Å². The molecule has 2 amide bonds. The summed E-state index contributed by atoms with van der Waals surface area (Å²) in [5.74, 6) is -0.366. The maximum atomic E-state index is 14.3. The number of piperidine rings is 1. The van der Waals surface area contributed by atoms with Crippen LogP contribution in [0.15, 0.2) is 77.6 Å². The quantitative estimate of drug-likeness (QED) is 0.254. The number of hydrogen-bond acceptors (Lipinski definition) is 5. The predicted octanol–water partition coefficient (Wildman–Crippen LogP) is 5.31. The van der Waals surface area contributed by atoms with Gasteiger partial charge in [-0.2, -0.15) is 10.2 Å². The van der Waals surface area contributed by atoms with E-state index < -0.39 is 18.3 Å². The maximum Gasteiger partial charge on any atom is 0.407 e. The molecule has 214 valence electrons. The molecule has 3 N–H and O–H groups in total. The predicted molar refractivity (Wildman–Crippen MR) is 157 cm³/mol. The van der Waals surface area contributed by atoms with Gasteiger partial charge in [0.25, 0.3) is 11.5 Å². The molecule has 10 nitrogen and oxygen atoms in total. The fraction of sp³-hybridized carbons (Fsp3) is 0.258. The Bertz CT molecular complexity index is 1850. The van der Waals surface area contributed by atoms with Crippen LogP contribution in [0.3, 0.4) is 0 Å². The number of rotatable bonds is 6. The Morgan fingerprint density at radius 3 is 2.45 bits per heavy atom. The zero-order valence-electron chi connectivity index (χ0n) is 22.8. The van der Waals surface area contributed by atoms with Crippen LogP contribution < -0.4 is 10.9 Å². The number of hydrogen-bond donors (Lipinski definition) is 3. The van der Waals surface area contributed by atoms with E-state index in [-0.39, 0.29) is 29.6 Å². The number of H-pyrrole nitrogens is 1. The van der Waals surface area contributed by atoms with Crippen molar-refractivity contribution in [1.29, 1.82) is 0 Å². The van der Waals surface area contributed by atoms with Crippen LogP contribution in [0.4, 0.5) is 14.9 Å². The minimum absolute atomic E-state index is 0.00757. The lowest BCUT2D eigenvalue weighted by Gasteiger charge is -2.38. The van der Waals surface area contributed by atoms with Crippen molar-refractivity contribution in [1.82, 2.24) is 24.9 Å². The summed E-state index contributed by atoms with van der Waals surface area (Å²) in [4.78, 5) is 38.3. The maximum absolute atomic E-state index is 14.3. The molecule has 0 saturated carbocycles. The van der Waals surface area contributed by atoms with Crippen LogP contribution in [0.25, 0.3) is 32.9 Å². The number of alkyl halides is 1. The number of carbonyl (C=O) groups excluding carboxylic acids is 1. The van der Waals surface area contributed by atoms with Gasteiger partial charge in [0, 0.05) is 35.1 Å². The Kier molecular flexibility index (Phi) is 7.15. The lowest BCUT2D eigenvalue weighted by atomic mass is 9.89. The van der Waals surface area contributed by atoms with Gasteiger partial charge in [0.15, 0.2) is 5.69 Å². The molecule has 1 saturated heterocycles. The Morgan fingerprint density at radius 2 is 1.74 bits per heavy atom. The highest BCUT2D eigenvalue weighted by Gasteiger charge is 2.35. The number of nitrogens with one attached hydrogen (secondary N) is 2. The van der Waals surface area contributed by atoms with E-state index in [2.05, 4.69) is 20.6 Å². The highest BCUT2D eigenvalue weighted by molar-refractivity contribution is 6.11. The van der Waals surface area contributed by atoms with E-state index in [0.717, 1.165) is 16.5 Å². The summed E-state index contributed by atoms with van der Waals surface area (Å²) in [6.07, 6.45) is -1.44. The van der Waals surface area contributed by atoms with Gasteiger partial charge in [-0.1, -0.05) is 48.5 Å². The molecule has 1 aliphatic rings. The molecule has 3 atom stereocenters. The fourth-order valence-electron chi connectivity index (χ4n) is 5.83. The van der Waals surface area contributed by atoms with Crippen molar-refractivity contribution in [2.75, 3.05) is 11.9 Å². The highest BCUT2D eigenvalue weighted by atomic mass is 19.1. The number of likely N-dealkylation sites (tertiary alicyclic amines) is 1. The molecule has 0 bridgehead atoms. The minimum Gasteiger partial charge on any atom is -0.465 e. The van der Waals surface area contributed by atoms with Gasteiger partial charge in [-0.3, -0.25) is 14.3 Å². The Labute approximate surface area is 239 Å². The topological polar surface area (TPSA) is 133 Å². The molecule has 0 aliphatic carbocycles. The summed E-state index contributed by atoms with van der Waals surface area (Å²) in [5.41, 5.74) is 2.77. The zero-order chi connectivity index (χ0) is 29.4. The Hall–Kier alpha value is -5.06. The van der Waals surface area contributed by atoms with Crippen molar-refractivity contribution < 1.29 is 19.1 Å². The summed E-state index contributed by atoms with van der Waals surface area (Å²) in [6, 6.07) is 21.1. The molecular weight excluding hydrogens is 539 g/mol. The van der Waals surface area contributed by atoms with Crippen LogP contribution in [0.2, 0.25) is 0 Å². The van der Waals surface area contributed by atoms with Crippen molar-refractivity contribution in [3.8, 4) is 11.3 Å². The number of halogens is 1. The number of para-hydroxylation sites is 1. The summed E-state index contributed by atoms with van der Waals surface area (Å²) < 4.78 is 16.1. The summed E-state index contributed by atoms with van der Waals surface area (Å²) in [7, 11) is 0. The second kappa shape index (κ2) is 11.1. The first-order chi connectivity index (χ1) is 20.3. The molecule has 3 aromatic carbocycles. The van der Waals surface area contributed by atoms with Gasteiger partial charge in [-0.15, -0.1) is 0 Å². The van der Waals surface area contributed by atoms with Gasteiger partial charge in [0.2, 0.25) is 0 Å². The van der Waals surface area contributed by atoms with Crippen LogP contribution in [-0.4, -0.2) is 60.7 Å². The fourth-order valence-corrected chi connectivity index (χ4v) is 5.83. The minimum atomic E-state index is -1.29. The van der Waals surface area contributed by atoms with E-state index >= 15 is 0 Å². The van der Waals surface area contributed by atoms with Gasteiger partial charge in [-0.25, -0.2) is 14.3 Å². The van der Waals surface area contributed by atoms with E-state index in [1.165, 1.54) is 11.8 Å². The van der Waals surface area contributed by atoms with E-state index in [1.807, 2.05) is 48.5 Å². The number of aromatic amines is 1. The monoisotopic (exact) mass is 568 g/mol. The number of fused-ring (bicyclic) bond motifs is 2. The van der Waals surface area contributed by atoms with Crippen molar-refractivity contribution in [2.24, 2.45) is 5.92 Å². The number of aromatic nitrogens is 4. The molecule has 6 rings (SSSR count). The first kappa shape index (κ1) is 27.1. The van der Waals surface area contributed by atoms with Gasteiger partial charge in [0.1, 0.15) is 6.17 Å². The average molecular weight is 569 g/mol. The second-order valence-electron chi connectivity index (χ2n) is 10.6. The van der Waals surface area contributed by atoms with Crippen molar-refractivity contribution in [3.63, 3.8) is 0 Å². The third kappa shape index (κ3) is 5.09. The molecule has 0 spiro atoms. The smallest absolute Gasteiger partial charge is 0.407 e. The number of anilines is 1. The summed E-state index contributed by atoms with van der Waals surface area (Å²) in [5, 5.41) is 25.8. The number of carboxylic acid groups (broad SMARTS) is 1. The number of carbonyl (C=O) groups is 2. The zero-order valence-corrected chi connectivity index (χ0v) is 22.8. The van der Waals surface area contributed by atoms with E-state index in [4.69, 9.17) is 0 Å². The van der Waals surface area contributed by atoms with E-state index in [0.29, 0.717) is 41.5 Å². The Balaban J connectivity index is 1.22. The van der Waals surface area contributed by atoms with E-state index in [1.54, 1.807) is 28.9 Å². The van der Waals surface area contributed by atoms with Gasteiger partial charge < -0.3 is 15.3 Å². The molecule has 11 heteroatoms. The van der Waals surface area contributed by atoms with Crippen molar-refractivity contribution >= 4 is 39.4 Å². The molecule has 1 fully saturated rings. The molecule has 0 radical (unpaired) electrons. The first-order valence-electron chi connectivity index (χ1n) is 13.8. The van der Waals surface area contributed by atoms with Gasteiger partial charge >= 0.3 is 6.09 Å². The third-order valence-corrected chi connectivity index (χ3v) is 7.95. The number of amides is 2. The molecule has 2 aromatic heterocycles. The van der Waals surface area contributed by atoms with Gasteiger partial charge in [-0.05, 0) is 49.9 Å². The van der Waals surface area contributed by atoms with Crippen LogP contribution in [0.5, 0.6) is 0 Å². The van der Waals surface area contributed by atoms with Crippen LogP contribution in [0.1, 0.15) is 30.3 Å². The largest absolute Gasteiger partial charge is 0.465 e. The van der Waals surface area contributed by atoms with Gasteiger partial charge in [0.05, 0.1) is 22.6 Å². The van der Waals surface area contributed by atoms with Crippen LogP contribution >= 0.6 is 0 Å².